The summed E-state index contributed by atoms with van der Waals surface area (Å²) in [5.74, 6) is 3.60. The van der Waals surface area contributed by atoms with E-state index in [0.29, 0.717) is 12.0 Å². The third-order valence-corrected chi connectivity index (χ3v) is 6.04. The van der Waals surface area contributed by atoms with Crippen LogP contribution in [0.4, 0.5) is 0 Å². The third kappa shape index (κ3) is 2.72. The van der Waals surface area contributed by atoms with Gasteiger partial charge in [-0.05, 0) is 41.3 Å². The summed E-state index contributed by atoms with van der Waals surface area (Å²) in [7, 11) is 6.80. The van der Waals surface area contributed by atoms with Crippen LogP contribution >= 0.6 is 0 Å². The molecule has 27 heavy (non-hydrogen) atoms. The second-order valence-electron chi connectivity index (χ2n) is 7.23. The Labute approximate surface area is 160 Å². The Kier molecular flexibility index (Phi) is 4.64. The number of nitrogens with zero attached hydrogens (tertiary/aromatic N) is 1. The lowest BCUT2D eigenvalue weighted by molar-refractivity contribution is 0.136. The molecule has 2 heterocycles. The number of rotatable bonds is 4. The van der Waals surface area contributed by atoms with Gasteiger partial charge in [0, 0.05) is 30.6 Å². The highest BCUT2D eigenvalue weighted by Crippen LogP contribution is 2.50. The maximum absolute atomic E-state index is 5.71. The first-order valence-electron chi connectivity index (χ1n) is 9.35. The van der Waals surface area contributed by atoms with Crippen LogP contribution in [0, 0.1) is 0 Å². The molecule has 0 fully saturated rings. The van der Waals surface area contributed by atoms with E-state index in [1.165, 1.54) is 22.3 Å². The van der Waals surface area contributed by atoms with E-state index in [1.807, 2.05) is 6.07 Å². The van der Waals surface area contributed by atoms with Crippen molar-refractivity contribution in [2.24, 2.45) is 0 Å². The quantitative estimate of drug-likeness (QED) is 0.816. The zero-order valence-corrected chi connectivity index (χ0v) is 16.7. The van der Waals surface area contributed by atoms with Gasteiger partial charge in [-0.2, -0.15) is 0 Å². The molecule has 2 aromatic rings. The van der Waals surface area contributed by atoms with Crippen LogP contribution in [0.1, 0.15) is 41.1 Å². The Bertz CT molecular complexity index is 864. The SMILES string of the molecule is COc1cc2c(cc1OC)[C@H]1[C@H](C)c3ccc(OC)c(OC)c3CN1CC2. The van der Waals surface area contributed by atoms with E-state index in [4.69, 9.17) is 18.9 Å². The molecule has 0 spiro atoms. The topological polar surface area (TPSA) is 40.2 Å². The van der Waals surface area contributed by atoms with Crippen LogP contribution < -0.4 is 18.9 Å². The largest absolute Gasteiger partial charge is 0.493 e. The minimum absolute atomic E-state index is 0.319. The van der Waals surface area contributed by atoms with Gasteiger partial charge in [-0.15, -0.1) is 0 Å². The van der Waals surface area contributed by atoms with Crippen molar-refractivity contribution in [1.82, 2.24) is 4.90 Å². The monoisotopic (exact) mass is 369 g/mol. The average Bonchev–Trinajstić information content (AvgIpc) is 2.71. The fourth-order valence-electron chi connectivity index (χ4n) is 4.76. The Morgan fingerprint density at radius 2 is 1.56 bits per heavy atom. The van der Waals surface area contributed by atoms with Crippen LogP contribution in [-0.2, 0) is 13.0 Å². The third-order valence-electron chi connectivity index (χ3n) is 6.04. The highest BCUT2D eigenvalue weighted by molar-refractivity contribution is 5.56. The second kappa shape index (κ2) is 6.97. The first-order chi connectivity index (χ1) is 13.1. The van der Waals surface area contributed by atoms with Crippen LogP contribution in [0.2, 0.25) is 0 Å². The number of hydrogen-bond donors (Lipinski definition) is 0. The minimum Gasteiger partial charge on any atom is -0.493 e. The van der Waals surface area contributed by atoms with E-state index in [-0.39, 0.29) is 0 Å². The summed E-state index contributed by atoms with van der Waals surface area (Å²) in [6.07, 6.45) is 1.00. The number of hydrogen-bond acceptors (Lipinski definition) is 5. The lowest BCUT2D eigenvalue weighted by Crippen LogP contribution is -2.41. The molecule has 0 saturated heterocycles. The highest BCUT2D eigenvalue weighted by atomic mass is 16.5. The summed E-state index contributed by atoms with van der Waals surface area (Å²) in [6.45, 7) is 4.17. The van der Waals surface area contributed by atoms with Gasteiger partial charge in [-0.3, -0.25) is 4.90 Å². The molecule has 0 bridgehead atoms. The smallest absolute Gasteiger partial charge is 0.165 e. The van der Waals surface area contributed by atoms with Gasteiger partial charge in [0.2, 0.25) is 0 Å². The van der Waals surface area contributed by atoms with Crippen LogP contribution in [0.3, 0.4) is 0 Å². The number of ether oxygens (including phenoxy) is 4. The molecule has 0 aliphatic carbocycles. The zero-order chi connectivity index (χ0) is 19.1. The zero-order valence-electron chi connectivity index (χ0n) is 16.7. The molecule has 2 aromatic carbocycles. The van der Waals surface area contributed by atoms with Gasteiger partial charge in [-0.1, -0.05) is 13.0 Å². The van der Waals surface area contributed by atoms with Crippen LogP contribution in [0.15, 0.2) is 24.3 Å². The number of fused-ring (bicyclic) bond motifs is 4. The molecule has 0 unspecified atom stereocenters. The van der Waals surface area contributed by atoms with Crippen molar-refractivity contribution in [3.05, 3.63) is 46.5 Å². The van der Waals surface area contributed by atoms with E-state index in [9.17, 15) is 0 Å². The molecule has 5 nitrogen and oxygen atoms in total. The van der Waals surface area contributed by atoms with E-state index in [1.54, 1.807) is 28.4 Å². The van der Waals surface area contributed by atoms with Crippen LogP contribution in [-0.4, -0.2) is 39.9 Å². The minimum atomic E-state index is 0.319. The summed E-state index contributed by atoms with van der Waals surface area (Å²) < 4.78 is 22.3. The number of methoxy groups -OCH3 is 4. The molecule has 2 aliphatic heterocycles. The molecule has 5 heteroatoms. The van der Waals surface area contributed by atoms with Crippen molar-refractivity contribution >= 4 is 0 Å². The van der Waals surface area contributed by atoms with Crippen molar-refractivity contribution in [2.45, 2.75) is 31.8 Å². The summed E-state index contributed by atoms with van der Waals surface area (Å²) in [4.78, 5) is 2.54. The van der Waals surface area contributed by atoms with E-state index < -0.39 is 0 Å². The normalized spacial score (nSPS) is 20.9. The molecular weight excluding hydrogens is 342 g/mol. The molecule has 144 valence electrons. The van der Waals surface area contributed by atoms with Gasteiger partial charge in [-0.25, -0.2) is 0 Å². The molecule has 4 rings (SSSR count). The predicted octanol–water partition coefficient (Wildman–Crippen LogP) is 3.94. The standard InChI is InChI=1S/C22H27NO4/c1-13-15-6-7-18(24-2)22(27-5)17(15)12-23-9-8-14-10-19(25-3)20(26-4)11-16(14)21(13)23/h6-7,10-11,13,21H,8-9,12H2,1-5H3/t13-,21-/m1/s1. The fourth-order valence-corrected chi connectivity index (χ4v) is 4.76. The fraction of sp³-hybridized carbons (Fsp3) is 0.455. The molecule has 2 atom stereocenters. The van der Waals surface area contributed by atoms with Gasteiger partial charge in [0.1, 0.15) is 0 Å². The van der Waals surface area contributed by atoms with Gasteiger partial charge < -0.3 is 18.9 Å². The van der Waals surface area contributed by atoms with E-state index in [0.717, 1.165) is 42.5 Å². The molecule has 0 N–H and O–H groups in total. The summed E-state index contributed by atoms with van der Waals surface area (Å²) in [5, 5.41) is 0. The molecule has 0 radical (unpaired) electrons. The van der Waals surface area contributed by atoms with Crippen LogP contribution in [0.25, 0.3) is 0 Å². The van der Waals surface area contributed by atoms with Gasteiger partial charge in [0.05, 0.1) is 28.4 Å². The average molecular weight is 369 g/mol. The van der Waals surface area contributed by atoms with Crippen molar-refractivity contribution in [1.29, 1.82) is 0 Å². The maximum Gasteiger partial charge on any atom is 0.165 e. The van der Waals surface area contributed by atoms with Gasteiger partial charge in [0.25, 0.3) is 0 Å². The van der Waals surface area contributed by atoms with Crippen molar-refractivity contribution in [3.8, 4) is 23.0 Å². The van der Waals surface area contributed by atoms with E-state index >= 15 is 0 Å². The predicted molar refractivity (Wildman–Crippen MR) is 104 cm³/mol. The van der Waals surface area contributed by atoms with Crippen LogP contribution in [0.5, 0.6) is 23.0 Å². The van der Waals surface area contributed by atoms with Crippen molar-refractivity contribution in [2.75, 3.05) is 35.0 Å². The summed E-state index contributed by atoms with van der Waals surface area (Å²) in [5.41, 5.74) is 5.26. The molecule has 0 aromatic heterocycles. The first kappa shape index (κ1) is 18.0. The second-order valence-corrected chi connectivity index (χ2v) is 7.23. The lowest BCUT2D eigenvalue weighted by Gasteiger charge is -2.45. The Morgan fingerprint density at radius 1 is 0.852 bits per heavy atom. The number of benzene rings is 2. The van der Waals surface area contributed by atoms with Crippen molar-refractivity contribution < 1.29 is 18.9 Å². The highest BCUT2D eigenvalue weighted by Gasteiger charge is 2.39. The Morgan fingerprint density at radius 3 is 2.22 bits per heavy atom. The van der Waals surface area contributed by atoms with E-state index in [2.05, 4.69) is 30.0 Å². The summed E-state index contributed by atoms with van der Waals surface area (Å²) >= 11 is 0. The first-order valence-corrected chi connectivity index (χ1v) is 9.35. The molecule has 2 aliphatic rings. The molecule has 0 saturated carbocycles. The van der Waals surface area contributed by atoms with Gasteiger partial charge in [0.15, 0.2) is 23.0 Å². The molecular formula is C22H27NO4. The molecule has 0 amide bonds. The Balaban J connectivity index is 1.82. The Hall–Kier alpha value is -2.40. The van der Waals surface area contributed by atoms with Crippen molar-refractivity contribution in [3.63, 3.8) is 0 Å². The lowest BCUT2D eigenvalue weighted by atomic mass is 9.77. The summed E-state index contributed by atoms with van der Waals surface area (Å²) in [6, 6.07) is 8.82. The van der Waals surface area contributed by atoms with Gasteiger partial charge >= 0.3 is 0 Å². The maximum atomic E-state index is 5.71.